The summed E-state index contributed by atoms with van der Waals surface area (Å²) in [5.74, 6) is -0.729. The minimum Gasteiger partial charge on any atom is -0.474 e. The van der Waals surface area contributed by atoms with Crippen LogP contribution in [0.15, 0.2) is 48.5 Å². The molecule has 0 saturated carbocycles. The van der Waals surface area contributed by atoms with Crippen LogP contribution in [0.1, 0.15) is 11.7 Å². The molecule has 24 heavy (non-hydrogen) atoms. The molecule has 2 aromatic carbocycles. The van der Waals surface area contributed by atoms with Gasteiger partial charge in [-0.15, -0.1) is 0 Å². The molecule has 0 aliphatic rings. The highest BCUT2D eigenvalue weighted by Crippen LogP contribution is 2.28. The fraction of sp³-hybridized carbons (Fsp3) is 0.133. The van der Waals surface area contributed by atoms with Gasteiger partial charge in [-0.05, 0) is 6.07 Å². The Morgan fingerprint density at radius 2 is 1.58 bits per heavy atom. The predicted octanol–water partition coefficient (Wildman–Crippen LogP) is 2.80. The number of carbonyl (C=O) groups is 1. The van der Waals surface area contributed by atoms with E-state index in [4.69, 9.17) is 4.74 Å². The molecule has 0 fully saturated rings. The summed E-state index contributed by atoms with van der Waals surface area (Å²) in [5.41, 5.74) is -0.234. The molecule has 0 heterocycles. The summed E-state index contributed by atoms with van der Waals surface area (Å²) >= 11 is 0. The topological polar surface area (TPSA) is 122 Å². The van der Waals surface area contributed by atoms with Crippen LogP contribution in [-0.4, -0.2) is 22.9 Å². The Balaban J connectivity index is 2.38. The van der Waals surface area contributed by atoms with Crippen molar-refractivity contribution in [2.75, 3.05) is 7.11 Å². The lowest BCUT2D eigenvalue weighted by Crippen LogP contribution is -2.20. The second-order valence-electron chi connectivity index (χ2n) is 4.63. The molecule has 0 bridgehead atoms. The molecular formula is C15H12N2O7. The van der Waals surface area contributed by atoms with E-state index in [1.54, 1.807) is 0 Å². The molecule has 0 aliphatic heterocycles. The van der Waals surface area contributed by atoms with Crippen molar-refractivity contribution in [1.29, 1.82) is 0 Å². The molecule has 0 amide bonds. The van der Waals surface area contributed by atoms with Gasteiger partial charge in [0.2, 0.25) is 6.10 Å². The molecule has 0 radical (unpaired) electrons. The third-order valence-corrected chi connectivity index (χ3v) is 3.08. The number of esters is 1. The van der Waals surface area contributed by atoms with Crippen LogP contribution in [0, 0.1) is 20.2 Å². The van der Waals surface area contributed by atoms with Gasteiger partial charge in [-0.1, -0.05) is 18.2 Å². The Kier molecular flexibility index (Phi) is 5.05. The molecule has 0 N–H and O–H groups in total. The van der Waals surface area contributed by atoms with Crippen LogP contribution in [0.3, 0.4) is 0 Å². The highest BCUT2D eigenvalue weighted by Gasteiger charge is 2.26. The molecule has 1 unspecified atom stereocenters. The van der Waals surface area contributed by atoms with E-state index in [2.05, 4.69) is 4.74 Å². The van der Waals surface area contributed by atoms with Crippen molar-refractivity contribution in [1.82, 2.24) is 0 Å². The van der Waals surface area contributed by atoms with Crippen LogP contribution in [0.5, 0.6) is 5.75 Å². The number of ether oxygens (including phenoxy) is 2. The first kappa shape index (κ1) is 16.9. The highest BCUT2D eigenvalue weighted by molar-refractivity contribution is 5.77. The summed E-state index contributed by atoms with van der Waals surface area (Å²) in [4.78, 5) is 32.4. The molecule has 0 aromatic heterocycles. The smallest absolute Gasteiger partial charge is 0.351 e. The highest BCUT2D eigenvalue weighted by atomic mass is 16.6. The number of carbonyl (C=O) groups excluding carboxylic acids is 1. The van der Waals surface area contributed by atoms with E-state index in [0.717, 1.165) is 13.2 Å². The number of nitro groups is 2. The van der Waals surface area contributed by atoms with Crippen LogP contribution in [0.4, 0.5) is 11.4 Å². The molecule has 9 nitrogen and oxygen atoms in total. The minimum absolute atomic E-state index is 0.0612. The number of non-ortho nitro benzene ring substituents is 2. The summed E-state index contributed by atoms with van der Waals surface area (Å²) in [6.07, 6.45) is -1.29. The molecule has 124 valence electrons. The van der Waals surface area contributed by atoms with Gasteiger partial charge >= 0.3 is 5.97 Å². The average Bonchev–Trinajstić information content (AvgIpc) is 2.59. The Morgan fingerprint density at radius 3 is 2.17 bits per heavy atom. The summed E-state index contributed by atoms with van der Waals surface area (Å²) in [6.45, 7) is 0. The van der Waals surface area contributed by atoms with E-state index >= 15 is 0 Å². The van der Waals surface area contributed by atoms with E-state index in [1.165, 1.54) is 42.5 Å². The Hall–Kier alpha value is -3.49. The quantitative estimate of drug-likeness (QED) is 0.453. The van der Waals surface area contributed by atoms with Crippen LogP contribution in [-0.2, 0) is 9.53 Å². The van der Waals surface area contributed by atoms with Crippen molar-refractivity contribution in [2.24, 2.45) is 0 Å². The summed E-state index contributed by atoms with van der Waals surface area (Å²) < 4.78 is 10.1. The second kappa shape index (κ2) is 7.18. The van der Waals surface area contributed by atoms with Gasteiger partial charge in [0.25, 0.3) is 11.4 Å². The number of nitrogens with zero attached hydrogens (tertiary/aromatic N) is 2. The van der Waals surface area contributed by atoms with Crippen molar-refractivity contribution in [2.45, 2.75) is 6.10 Å². The Bertz CT molecular complexity index is 791. The molecule has 0 saturated heterocycles. The van der Waals surface area contributed by atoms with Crippen molar-refractivity contribution in [3.8, 4) is 5.75 Å². The summed E-state index contributed by atoms with van der Waals surface area (Å²) in [5, 5.41) is 21.7. The summed E-state index contributed by atoms with van der Waals surface area (Å²) in [6, 6.07) is 10.6. The monoisotopic (exact) mass is 332 g/mol. The maximum Gasteiger partial charge on any atom is 0.351 e. The van der Waals surface area contributed by atoms with Crippen LogP contribution >= 0.6 is 0 Å². The van der Waals surface area contributed by atoms with Gasteiger partial charge in [-0.3, -0.25) is 20.2 Å². The fourth-order valence-electron chi connectivity index (χ4n) is 1.97. The van der Waals surface area contributed by atoms with Crippen LogP contribution in [0.2, 0.25) is 0 Å². The molecule has 2 rings (SSSR count). The second-order valence-corrected chi connectivity index (χ2v) is 4.63. The standard InChI is InChI=1S/C15H12N2O7/c1-23-15(18)14(10-4-2-5-11(8-10)16(19)20)24-13-7-3-6-12(9-13)17(21)22/h2-9,14H,1H3. The van der Waals surface area contributed by atoms with Crippen molar-refractivity contribution in [3.05, 3.63) is 74.3 Å². The number of methoxy groups -OCH3 is 1. The SMILES string of the molecule is COC(=O)C(Oc1cccc([N+](=O)[O-])c1)c1cccc([N+](=O)[O-])c1. The van der Waals surface area contributed by atoms with E-state index in [9.17, 15) is 25.0 Å². The fourth-order valence-corrected chi connectivity index (χ4v) is 1.97. The lowest BCUT2D eigenvalue weighted by Gasteiger charge is -2.17. The van der Waals surface area contributed by atoms with Gasteiger partial charge in [0.1, 0.15) is 5.75 Å². The third-order valence-electron chi connectivity index (χ3n) is 3.08. The number of hydrogen-bond acceptors (Lipinski definition) is 7. The number of hydrogen-bond donors (Lipinski definition) is 0. The van der Waals surface area contributed by atoms with E-state index in [-0.39, 0.29) is 22.7 Å². The zero-order chi connectivity index (χ0) is 17.7. The molecular weight excluding hydrogens is 320 g/mol. The Morgan fingerprint density at radius 1 is 1.00 bits per heavy atom. The normalized spacial score (nSPS) is 11.4. The van der Waals surface area contributed by atoms with Gasteiger partial charge < -0.3 is 9.47 Å². The van der Waals surface area contributed by atoms with Gasteiger partial charge in [-0.2, -0.15) is 0 Å². The number of nitro benzene ring substituents is 2. The largest absolute Gasteiger partial charge is 0.474 e. The van der Waals surface area contributed by atoms with Crippen molar-refractivity contribution in [3.63, 3.8) is 0 Å². The zero-order valence-corrected chi connectivity index (χ0v) is 12.4. The molecule has 0 aliphatic carbocycles. The first-order chi connectivity index (χ1) is 11.4. The number of benzene rings is 2. The van der Waals surface area contributed by atoms with Gasteiger partial charge in [0.05, 0.1) is 23.0 Å². The zero-order valence-electron chi connectivity index (χ0n) is 12.4. The van der Waals surface area contributed by atoms with Crippen molar-refractivity contribution < 1.29 is 24.1 Å². The van der Waals surface area contributed by atoms with E-state index in [1.807, 2.05) is 0 Å². The summed E-state index contributed by atoms with van der Waals surface area (Å²) in [7, 11) is 1.14. The van der Waals surface area contributed by atoms with Crippen molar-refractivity contribution >= 4 is 17.3 Å². The first-order valence-electron chi connectivity index (χ1n) is 6.65. The van der Waals surface area contributed by atoms with E-state index < -0.39 is 21.9 Å². The predicted molar refractivity (Wildman–Crippen MR) is 81.6 cm³/mol. The van der Waals surface area contributed by atoms with Gasteiger partial charge in [0.15, 0.2) is 0 Å². The van der Waals surface area contributed by atoms with Crippen LogP contribution < -0.4 is 4.74 Å². The average molecular weight is 332 g/mol. The van der Waals surface area contributed by atoms with E-state index in [0.29, 0.717) is 0 Å². The minimum atomic E-state index is -1.29. The first-order valence-corrected chi connectivity index (χ1v) is 6.65. The van der Waals surface area contributed by atoms with Gasteiger partial charge in [-0.25, -0.2) is 4.79 Å². The molecule has 2 aromatic rings. The molecule has 9 heteroatoms. The molecule has 1 atom stereocenters. The molecule has 0 spiro atoms. The maximum absolute atomic E-state index is 12.0. The Labute approximate surface area is 135 Å². The third kappa shape index (κ3) is 3.83. The lowest BCUT2D eigenvalue weighted by atomic mass is 10.1. The van der Waals surface area contributed by atoms with Gasteiger partial charge in [0, 0.05) is 23.8 Å². The maximum atomic E-state index is 12.0. The number of rotatable bonds is 6. The van der Waals surface area contributed by atoms with Crippen LogP contribution in [0.25, 0.3) is 0 Å². The lowest BCUT2D eigenvalue weighted by molar-refractivity contribution is -0.385.